The first kappa shape index (κ1) is 25.0. The first-order chi connectivity index (χ1) is 17.9. The van der Waals surface area contributed by atoms with Gasteiger partial charge in [-0.25, -0.2) is 18.2 Å². The van der Waals surface area contributed by atoms with Crippen molar-refractivity contribution in [2.45, 2.75) is 12.8 Å². The second-order valence-corrected chi connectivity index (χ2v) is 9.27. The number of amidine groups is 1. The third-order valence-electron chi connectivity index (χ3n) is 6.74. The Hall–Kier alpha value is -3.62. The van der Waals surface area contributed by atoms with Crippen molar-refractivity contribution in [2.24, 2.45) is 10.9 Å². The van der Waals surface area contributed by atoms with Crippen molar-refractivity contribution in [1.29, 1.82) is 0 Å². The molecule has 0 amide bonds. The average Bonchev–Trinajstić information content (AvgIpc) is 2.90. The quantitative estimate of drug-likeness (QED) is 0.443. The molecule has 1 atom stereocenters. The largest absolute Gasteiger partial charge is 0.491 e. The zero-order valence-electron chi connectivity index (χ0n) is 20.3. The van der Waals surface area contributed by atoms with Gasteiger partial charge in [0.25, 0.3) is 0 Å². The summed E-state index contributed by atoms with van der Waals surface area (Å²) >= 11 is 0. The molecule has 3 aromatic carbocycles. The number of ether oxygens (including phenoxy) is 1. The first-order valence-electron chi connectivity index (χ1n) is 12.3. The smallest absolute Gasteiger partial charge is 0.143 e. The second-order valence-electron chi connectivity index (χ2n) is 9.27. The van der Waals surface area contributed by atoms with Gasteiger partial charge in [0.15, 0.2) is 0 Å². The molecule has 1 saturated heterocycles. The van der Waals surface area contributed by atoms with Crippen molar-refractivity contribution in [3.05, 3.63) is 89.8 Å². The minimum atomic E-state index is -0.652. The van der Waals surface area contributed by atoms with E-state index in [9.17, 15) is 8.78 Å². The van der Waals surface area contributed by atoms with Gasteiger partial charge in [-0.05, 0) is 73.8 Å². The molecule has 0 bridgehead atoms. The van der Waals surface area contributed by atoms with Crippen LogP contribution in [-0.2, 0) is 0 Å². The Bertz CT molecular complexity index is 1350. The van der Waals surface area contributed by atoms with E-state index in [4.69, 9.17) is 14.8 Å². The van der Waals surface area contributed by atoms with E-state index in [0.717, 1.165) is 32.0 Å². The van der Waals surface area contributed by atoms with E-state index < -0.39 is 17.5 Å². The van der Waals surface area contributed by atoms with Crippen molar-refractivity contribution < 1.29 is 23.0 Å². The summed E-state index contributed by atoms with van der Waals surface area (Å²) in [6.45, 7) is 6.63. The Morgan fingerprint density at radius 2 is 1.81 bits per heavy atom. The topological polar surface area (TPSA) is 57.1 Å². The van der Waals surface area contributed by atoms with Gasteiger partial charge >= 0.3 is 0 Å². The number of hydrogen-bond donors (Lipinski definition) is 2. The molecule has 0 saturated carbocycles. The maximum Gasteiger partial charge on any atom is 0.143 e. The van der Waals surface area contributed by atoms with Crippen LogP contribution >= 0.6 is 0 Å². The highest BCUT2D eigenvalue weighted by Crippen LogP contribution is 2.39. The van der Waals surface area contributed by atoms with Crippen molar-refractivity contribution >= 4 is 17.2 Å². The maximum absolute atomic E-state index is 15.3. The Morgan fingerprint density at radius 1 is 1.00 bits per heavy atom. The molecule has 8 heteroatoms. The Labute approximate surface area is 213 Å². The van der Waals surface area contributed by atoms with Crippen molar-refractivity contribution in [1.82, 2.24) is 10.2 Å². The van der Waals surface area contributed by atoms with Gasteiger partial charge in [0.1, 0.15) is 35.6 Å². The molecule has 0 aromatic heterocycles. The molecular formula is C29H28F3N3O2. The SMILES string of the molecule is C=C1c2cc(-c3ccc(F)cc3F)ccc2N=C(c2ccc(OCCO)cc2F)N1CC1CCCNC1. The third-order valence-corrected chi connectivity index (χ3v) is 6.74. The number of rotatable bonds is 7. The molecular weight excluding hydrogens is 479 g/mol. The zero-order chi connectivity index (χ0) is 25.9. The fourth-order valence-electron chi connectivity index (χ4n) is 4.87. The molecule has 37 heavy (non-hydrogen) atoms. The van der Waals surface area contributed by atoms with E-state index in [1.165, 1.54) is 18.2 Å². The number of nitrogens with zero attached hydrogens (tertiary/aromatic N) is 2. The van der Waals surface area contributed by atoms with Crippen LogP contribution in [0, 0.1) is 23.4 Å². The lowest BCUT2D eigenvalue weighted by atomic mass is 9.95. The third kappa shape index (κ3) is 5.26. The number of nitrogens with one attached hydrogen (secondary N) is 1. The molecule has 0 aliphatic carbocycles. The fourth-order valence-corrected chi connectivity index (χ4v) is 4.87. The molecule has 2 heterocycles. The predicted octanol–water partition coefficient (Wildman–Crippen LogP) is 5.51. The molecule has 3 aromatic rings. The van der Waals surface area contributed by atoms with Gasteiger partial charge in [0.05, 0.1) is 17.9 Å². The van der Waals surface area contributed by atoms with Crippen LogP contribution in [0.3, 0.4) is 0 Å². The van der Waals surface area contributed by atoms with Gasteiger partial charge in [-0.1, -0.05) is 12.6 Å². The number of hydrogen-bond acceptors (Lipinski definition) is 5. The van der Waals surface area contributed by atoms with Crippen LogP contribution in [0.15, 0.2) is 66.2 Å². The summed E-state index contributed by atoms with van der Waals surface area (Å²) in [6.07, 6.45) is 2.07. The lowest BCUT2D eigenvalue weighted by Gasteiger charge is -2.36. The van der Waals surface area contributed by atoms with E-state index in [0.29, 0.717) is 52.1 Å². The van der Waals surface area contributed by atoms with E-state index in [1.807, 2.05) is 4.90 Å². The van der Waals surface area contributed by atoms with Crippen LogP contribution < -0.4 is 10.1 Å². The standard InChI is InChI=1S/C29H28F3N3O2/c1-18-25-13-20(23-7-5-21(30)14-26(23)31)4-9-28(25)34-29(35(18)17-19-3-2-10-33-16-19)24-8-6-22(15-27(24)32)37-12-11-36/h4-9,13-15,19,33,36H,1-3,10-12,16-17H2. The Balaban J connectivity index is 1.56. The zero-order valence-corrected chi connectivity index (χ0v) is 20.3. The van der Waals surface area contributed by atoms with E-state index in [2.05, 4.69) is 11.9 Å². The minimum absolute atomic E-state index is 0.0711. The highest BCUT2D eigenvalue weighted by molar-refractivity contribution is 6.08. The summed E-state index contributed by atoms with van der Waals surface area (Å²) in [4.78, 5) is 6.75. The van der Waals surface area contributed by atoms with Gasteiger partial charge in [0.2, 0.25) is 0 Å². The van der Waals surface area contributed by atoms with Gasteiger partial charge in [-0.3, -0.25) is 0 Å². The lowest BCUT2D eigenvalue weighted by Crippen LogP contribution is -2.41. The molecule has 2 N–H and O–H groups in total. The van der Waals surface area contributed by atoms with Gasteiger partial charge in [-0.2, -0.15) is 0 Å². The Kier molecular flexibility index (Phi) is 7.30. The number of aliphatic hydroxyl groups is 1. The molecule has 2 aliphatic heterocycles. The first-order valence-corrected chi connectivity index (χ1v) is 12.3. The summed E-state index contributed by atoms with van der Waals surface area (Å²) in [6, 6.07) is 13.3. The summed E-state index contributed by atoms with van der Waals surface area (Å²) in [5.41, 5.74) is 3.09. The van der Waals surface area contributed by atoms with E-state index in [1.54, 1.807) is 30.3 Å². The number of benzene rings is 3. The molecule has 5 nitrogen and oxygen atoms in total. The highest BCUT2D eigenvalue weighted by atomic mass is 19.1. The van der Waals surface area contributed by atoms with Crippen LogP contribution in [0.5, 0.6) is 5.75 Å². The van der Waals surface area contributed by atoms with E-state index >= 15 is 4.39 Å². The Morgan fingerprint density at radius 3 is 2.54 bits per heavy atom. The molecule has 192 valence electrons. The van der Waals surface area contributed by atoms with Crippen LogP contribution in [0.1, 0.15) is 24.0 Å². The van der Waals surface area contributed by atoms with Crippen molar-refractivity contribution in [2.75, 3.05) is 32.8 Å². The summed E-state index contributed by atoms with van der Waals surface area (Å²) in [5, 5.41) is 12.4. The van der Waals surface area contributed by atoms with E-state index in [-0.39, 0.29) is 18.8 Å². The summed E-state index contributed by atoms with van der Waals surface area (Å²) < 4.78 is 48.6. The maximum atomic E-state index is 15.3. The molecule has 0 radical (unpaired) electrons. The second kappa shape index (κ2) is 10.8. The number of fused-ring (bicyclic) bond motifs is 1. The average molecular weight is 508 g/mol. The highest BCUT2D eigenvalue weighted by Gasteiger charge is 2.30. The minimum Gasteiger partial charge on any atom is -0.491 e. The van der Waals surface area contributed by atoms with Gasteiger partial charge < -0.3 is 20.1 Å². The van der Waals surface area contributed by atoms with Crippen LogP contribution in [0.4, 0.5) is 18.9 Å². The monoisotopic (exact) mass is 507 g/mol. The van der Waals surface area contributed by atoms with Crippen LogP contribution in [-0.4, -0.2) is 48.7 Å². The number of halogens is 3. The fraction of sp³-hybridized carbons (Fsp3) is 0.276. The molecule has 0 spiro atoms. The number of piperidine rings is 1. The number of aliphatic imine (C=N–C) groups is 1. The molecule has 2 aliphatic rings. The van der Waals surface area contributed by atoms with Gasteiger partial charge in [-0.15, -0.1) is 0 Å². The van der Waals surface area contributed by atoms with Crippen molar-refractivity contribution in [3.63, 3.8) is 0 Å². The molecule has 1 unspecified atom stereocenters. The van der Waals surface area contributed by atoms with Crippen LogP contribution in [0.2, 0.25) is 0 Å². The lowest BCUT2D eigenvalue weighted by molar-refractivity contribution is 0.201. The van der Waals surface area contributed by atoms with Crippen LogP contribution in [0.25, 0.3) is 16.8 Å². The molecule has 1 fully saturated rings. The predicted molar refractivity (Wildman–Crippen MR) is 138 cm³/mol. The summed E-state index contributed by atoms with van der Waals surface area (Å²) in [5.74, 6) is -0.719. The van der Waals surface area contributed by atoms with Crippen molar-refractivity contribution in [3.8, 4) is 16.9 Å². The summed E-state index contributed by atoms with van der Waals surface area (Å²) in [7, 11) is 0. The number of aliphatic hydroxyl groups excluding tert-OH is 1. The normalized spacial score (nSPS) is 17.4. The molecule has 5 rings (SSSR count). The van der Waals surface area contributed by atoms with Gasteiger partial charge in [0, 0.05) is 35.5 Å².